The van der Waals surface area contributed by atoms with Gasteiger partial charge in [0.05, 0.1) is 10.7 Å². The molecule has 1 aromatic carbocycles. The van der Waals surface area contributed by atoms with E-state index in [9.17, 15) is 4.39 Å². The molecule has 1 N–H and O–H groups in total. The van der Waals surface area contributed by atoms with Crippen LogP contribution in [0.4, 0.5) is 4.39 Å². The molecule has 0 atom stereocenters. The average molecular weight is 271 g/mol. The summed E-state index contributed by atoms with van der Waals surface area (Å²) in [6, 6.07) is 3.14. The summed E-state index contributed by atoms with van der Waals surface area (Å²) in [7, 11) is 1.46. The summed E-state index contributed by atoms with van der Waals surface area (Å²) >= 11 is 3.12. The van der Waals surface area contributed by atoms with Crippen LogP contribution < -0.4 is 0 Å². The molecule has 1 aromatic heterocycles. The minimum absolute atomic E-state index is 0.297. The number of benzene rings is 1. The Labute approximate surface area is 94.0 Å². The molecule has 2 rings (SSSR count). The van der Waals surface area contributed by atoms with E-state index in [1.165, 1.54) is 19.4 Å². The molecule has 0 saturated carbocycles. The Morgan fingerprint density at radius 3 is 3.07 bits per heavy atom. The number of rotatable bonds is 2. The van der Waals surface area contributed by atoms with Crippen molar-refractivity contribution < 1.29 is 9.23 Å². The third-order valence-electron chi connectivity index (χ3n) is 2.05. The van der Waals surface area contributed by atoms with Crippen LogP contribution in [0.2, 0.25) is 0 Å². The zero-order valence-corrected chi connectivity index (χ0v) is 9.51. The van der Waals surface area contributed by atoms with E-state index in [2.05, 4.69) is 30.9 Å². The molecule has 0 spiro atoms. The van der Waals surface area contributed by atoms with Crippen LogP contribution in [0.1, 0.15) is 5.56 Å². The van der Waals surface area contributed by atoms with Gasteiger partial charge in [-0.1, -0.05) is 5.16 Å². The molecule has 2 aromatic rings. The molecule has 0 aliphatic carbocycles. The fourth-order valence-corrected chi connectivity index (χ4v) is 1.70. The van der Waals surface area contributed by atoms with Crippen molar-refractivity contribution >= 4 is 33.0 Å². The second-order valence-electron chi connectivity index (χ2n) is 2.97. The highest BCUT2D eigenvalue weighted by Crippen LogP contribution is 2.24. The molecule has 0 unspecified atom stereocenters. The quantitative estimate of drug-likeness (QED) is 0.661. The first-order valence-electron chi connectivity index (χ1n) is 4.25. The zero-order valence-electron chi connectivity index (χ0n) is 7.92. The van der Waals surface area contributed by atoms with Gasteiger partial charge in [0.2, 0.25) is 0 Å². The second kappa shape index (κ2) is 4.02. The average Bonchev–Trinajstić information content (AvgIpc) is 2.59. The highest BCUT2D eigenvalue weighted by Gasteiger charge is 2.06. The van der Waals surface area contributed by atoms with E-state index in [0.717, 1.165) is 16.5 Å². The summed E-state index contributed by atoms with van der Waals surface area (Å²) < 4.78 is 13.7. The van der Waals surface area contributed by atoms with E-state index >= 15 is 0 Å². The molecule has 15 heavy (non-hydrogen) atoms. The van der Waals surface area contributed by atoms with Crippen LogP contribution in [0, 0.1) is 5.82 Å². The molecule has 0 aliphatic rings. The number of H-pyrrole nitrogens is 1. The lowest BCUT2D eigenvalue weighted by molar-refractivity contribution is 0.215. The van der Waals surface area contributed by atoms with Crippen LogP contribution >= 0.6 is 15.9 Å². The zero-order chi connectivity index (χ0) is 10.8. The van der Waals surface area contributed by atoms with Gasteiger partial charge in [-0.2, -0.15) is 0 Å². The van der Waals surface area contributed by atoms with Crippen molar-refractivity contribution in [1.82, 2.24) is 4.98 Å². The number of oxime groups is 1. The molecular weight excluding hydrogens is 263 g/mol. The van der Waals surface area contributed by atoms with Crippen molar-refractivity contribution in [3.05, 3.63) is 34.2 Å². The highest BCUT2D eigenvalue weighted by atomic mass is 79.9. The van der Waals surface area contributed by atoms with Gasteiger partial charge < -0.3 is 9.82 Å². The topological polar surface area (TPSA) is 37.4 Å². The van der Waals surface area contributed by atoms with Crippen LogP contribution in [-0.2, 0) is 4.84 Å². The summed E-state index contributed by atoms with van der Waals surface area (Å²) in [5.74, 6) is -0.297. The number of hydrogen-bond acceptors (Lipinski definition) is 2. The Kier molecular flexibility index (Phi) is 2.73. The number of nitrogens with one attached hydrogen (secondary N) is 1. The summed E-state index contributed by atoms with van der Waals surface area (Å²) in [5.41, 5.74) is 1.64. The molecule has 0 bridgehead atoms. The Morgan fingerprint density at radius 1 is 1.53 bits per heavy atom. The summed E-state index contributed by atoms with van der Waals surface area (Å²) in [5, 5.41) is 4.41. The first-order chi connectivity index (χ1) is 7.22. The molecule has 78 valence electrons. The Bertz CT molecular complexity index is 521. The lowest BCUT2D eigenvalue weighted by Gasteiger charge is -1.95. The van der Waals surface area contributed by atoms with Gasteiger partial charge in [0, 0.05) is 22.7 Å². The van der Waals surface area contributed by atoms with Crippen LogP contribution in [0.3, 0.4) is 0 Å². The number of nitrogens with zero attached hydrogens (tertiary/aromatic N) is 1. The van der Waals surface area contributed by atoms with Crippen molar-refractivity contribution in [1.29, 1.82) is 0 Å². The summed E-state index contributed by atoms with van der Waals surface area (Å²) in [6.07, 6.45) is 3.28. The number of fused-ring (bicyclic) bond motifs is 1. The molecule has 5 heteroatoms. The van der Waals surface area contributed by atoms with E-state index in [1.54, 1.807) is 12.3 Å². The lowest BCUT2D eigenvalue weighted by Crippen LogP contribution is -1.81. The van der Waals surface area contributed by atoms with Crippen LogP contribution in [0.15, 0.2) is 28.0 Å². The SMILES string of the molecule is CO/N=C/c1c[nH]c2cc(Br)c(F)cc12. The fraction of sp³-hybridized carbons (Fsp3) is 0.100. The minimum Gasteiger partial charge on any atom is -0.399 e. The molecule has 0 radical (unpaired) electrons. The predicted molar refractivity (Wildman–Crippen MR) is 60.6 cm³/mol. The maximum Gasteiger partial charge on any atom is 0.138 e. The second-order valence-corrected chi connectivity index (χ2v) is 3.83. The third-order valence-corrected chi connectivity index (χ3v) is 2.66. The third kappa shape index (κ3) is 1.87. The predicted octanol–water partition coefficient (Wildman–Crippen LogP) is 3.05. The van der Waals surface area contributed by atoms with Crippen molar-refractivity contribution in [3.8, 4) is 0 Å². The standard InChI is InChI=1S/C10H8BrFN2O/c1-15-14-5-6-4-13-10-3-8(11)9(12)2-7(6)10/h2-5,13H,1H3/b14-5+. The normalized spacial score (nSPS) is 11.4. The largest absolute Gasteiger partial charge is 0.399 e. The van der Waals surface area contributed by atoms with Gasteiger partial charge in [0.15, 0.2) is 0 Å². The maximum atomic E-state index is 13.3. The summed E-state index contributed by atoms with van der Waals surface area (Å²) in [4.78, 5) is 7.59. The van der Waals surface area contributed by atoms with Crippen molar-refractivity contribution in [3.63, 3.8) is 0 Å². The maximum absolute atomic E-state index is 13.3. The van der Waals surface area contributed by atoms with Gasteiger partial charge in [-0.15, -0.1) is 0 Å². The van der Waals surface area contributed by atoms with E-state index in [-0.39, 0.29) is 5.82 Å². The number of aromatic nitrogens is 1. The monoisotopic (exact) mass is 270 g/mol. The molecule has 0 saturated heterocycles. The fourth-order valence-electron chi connectivity index (χ4n) is 1.35. The Morgan fingerprint density at radius 2 is 2.33 bits per heavy atom. The van der Waals surface area contributed by atoms with E-state index in [1.807, 2.05) is 0 Å². The van der Waals surface area contributed by atoms with Gasteiger partial charge in [-0.05, 0) is 28.1 Å². The number of halogens is 2. The van der Waals surface area contributed by atoms with E-state index in [4.69, 9.17) is 0 Å². The van der Waals surface area contributed by atoms with Gasteiger partial charge in [0.25, 0.3) is 0 Å². The van der Waals surface area contributed by atoms with E-state index < -0.39 is 0 Å². The molecule has 3 nitrogen and oxygen atoms in total. The molecule has 0 amide bonds. The first-order valence-corrected chi connectivity index (χ1v) is 5.04. The van der Waals surface area contributed by atoms with Gasteiger partial charge in [-0.3, -0.25) is 0 Å². The van der Waals surface area contributed by atoms with Gasteiger partial charge >= 0.3 is 0 Å². The van der Waals surface area contributed by atoms with Crippen molar-refractivity contribution in [2.45, 2.75) is 0 Å². The molecular formula is C10H8BrFN2O. The lowest BCUT2D eigenvalue weighted by atomic mass is 10.2. The molecule has 1 heterocycles. The summed E-state index contributed by atoms with van der Waals surface area (Å²) in [6.45, 7) is 0. The van der Waals surface area contributed by atoms with Crippen molar-refractivity contribution in [2.75, 3.05) is 7.11 Å². The smallest absolute Gasteiger partial charge is 0.138 e. The van der Waals surface area contributed by atoms with Crippen LogP contribution in [0.5, 0.6) is 0 Å². The van der Waals surface area contributed by atoms with Crippen molar-refractivity contribution in [2.24, 2.45) is 5.16 Å². The minimum atomic E-state index is -0.297. The van der Waals surface area contributed by atoms with E-state index in [0.29, 0.717) is 4.47 Å². The molecule has 0 aliphatic heterocycles. The van der Waals surface area contributed by atoms with Crippen LogP contribution in [0.25, 0.3) is 10.9 Å². The van der Waals surface area contributed by atoms with Gasteiger partial charge in [0.1, 0.15) is 12.9 Å². The van der Waals surface area contributed by atoms with Crippen LogP contribution in [-0.4, -0.2) is 18.3 Å². The Balaban J connectivity index is 2.59. The first kappa shape index (κ1) is 10.2. The van der Waals surface area contributed by atoms with Gasteiger partial charge in [-0.25, -0.2) is 4.39 Å². The molecule has 0 fully saturated rings. The highest BCUT2D eigenvalue weighted by molar-refractivity contribution is 9.10. The number of aromatic amines is 1. The Hall–Kier alpha value is -1.36. The number of hydrogen-bond donors (Lipinski definition) is 1.